The molecule has 21 heavy (non-hydrogen) atoms. The van der Waals surface area contributed by atoms with E-state index in [1.165, 1.54) is 5.56 Å². The Labute approximate surface area is 132 Å². The van der Waals surface area contributed by atoms with E-state index in [0.29, 0.717) is 5.56 Å². The van der Waals surface area contributed by atoms with Crippen molar-refractivity contribution < 1.29 is 4.79 Å². The lowest BCUT2D eigenvalue weighted by Crippen LogP contribution is -2.15. The molecule has 1 amide bonds. The van der Waals surface area contributed by atoms with Gasteiger partial charge in [-0.3, -0.25) is 4.79 Å². The van der Waals surface area contributed by atoms with E-state index in [4.69, 9.17) is 0 Å². The minimum absolute atomic E-state index is 0.0760. The second-order valence-electron chi connectivity index (χ2n) is 5.34. The van der Waals surface area contributed by atoms with E-state index >= 15 is 0 Å². The molecule has 3 rings (SSSR count). The fraction of sp³-hybridized carbons (Fsp3) is 0.235. The Morgan fingerprint density at radius 1 is 1.24 bits per heavy atom. The van der Waals surface area contributed by atoms with Crippen LogP contribution in [0.25, 0.3) is 0 Å². The first-order valence-corrected chi connectivity index (χ1v) is 7.87. The van der Waals surface area contributed by atoms with Crippen molar-refractivity contribution in [2.75, 3.05) is 17.2 Å². The molecular formula is C17H17BrN2O. The molecule has 0 spiro atoms. The number of carbonyl (C=O) groups excluding carboxylic acids is 1. The van der Waals surface area contributed by atoms with E-state index in [9.17, 15) is 4.79 Å². The number of aryl methyl sites for hydroxylation is 2. The Kier molecular flexibility index (Phi) is 3.97. The molecule has 2 N–H and O–H groups in total. The van der Waals surface area contributed by atoms with E-state index in [0.717, 1.165) is 40.8 Å². The van der Waals surface area contributed by atoms with Crippen molar-refractivity contribution in [2.45, 2.75) is 19.8 Å². The highest BCUT2D eigenvalue weighted by molar-refractivity contribution is 9.10. The Morgan fingerprint density at radius 2 is 2.10 bits per heavy atom. The van der Waals surface area contributed by atoms with Crippen LogP contribution in [-0.2, 0) is 6.42 Å². The van der Waals surface area contributed by atoms with Gasteiger partial charge in [-0.15, -0.1) is 0 Å². The van der Waals surface area contributed by atoms with E-state index in [1.54, 1.807) is 0 Å². The van der Waals surface area contributed by atoms with Crippen LogP contribution in [0, 0.1) is 6.92 Å². The van der Waals surface area contributed by atoms with Crippen LogP contribution in [-0.4, -0.2) is 12.5 Å². The van der Waals surface area contributed by atoms with Crippen molar-refractivity contribution in [3.8, 4) is 0 Å². The summed E-state index contributed by atoms with van der Waals surface area (Å²) in [7, 11) is 0. The number of carbonyl (C=O) groups is 1. The van der Waals surface area contributed by atoms with Gasteiger partial charge in [-0.25, -0.2) is 0 Å². The predicted octanol–water partition coefficient (Wildman–Crippen LogP) is 4.37. The first-order chi connectivity index (χ1) is 10.1. The largest absolute Gasteiger partial charge is 0.385 e. The van der Waals surface area contributed by atoms with Gasteiger partial charge in [-0.05, 0) is 77.2 Å². The van der Waals surface area contributed by atoms with Crippen molar-refractivity contribution in [1.82, 2.24) is 0 Å². The van der Waals surface area contributed by atoms with Crippen molar-refractivity contribution in [3.05, 3.63) is 57.6 Å². The third-order valence-corrected chi connectivity index (χ3v) is 4.33. The molecular weight excluding hydrogens is 328 g/mol. The van der Waals surface area contributed by atoms with E-state index < -0.39 is 0 Å². The fourth-order valence-corrected chi connectivity index (χ4v) is 3.12. The second kappa shape index (κ2) is 5.90. The monoisotopic (exact) mass is 344 g/mol. The third kappa shape index (κ3) is 3.10. The Bertz CT molecular complexity index is 697. The van der Waals surface area contributed by atoms with Gasteiger partial charge >= 0.3 is 0 Å². The SMILES string of the molecule is Cc1ccc(NC(=O)c2ccc3c(c2)CCCN3)c(Br)c1. The van der Waals surface area contributed by atoms with Gasteiger partial charge in [0.25, 0.3) is 5.91 Å². The number of halogens is 1. The van der Waals surface area contributed by atoms with Crippen LogP contribution in [0.15, 0.2) is 40.9 Å². The highest BCUT2D eigenvalue weighted by atomic mass is 79.9. The molecule has 0 bridgehead atoms. The topological polar surface area (TPSA) is 41.1 Å². The lowest BCUT2D eigenvalue weighted by molar-refractivity contribution is 0.102. The predicted molar refractivity (Wildman–Crippen MR) is 90.1 cm³/mol. The second-order valence-corrected chi connectivity index (χ2v) is 6.19. The van der Waals surface area contributed by atoms with Crippen LogP contribution in [0.5, 0.6) is 0 Å². The van der Waals surface area contributed by atoms with Gasteiger partial charge in [0.2, 0.25) is 0 Å². The molecule has 108 valence electrons. The smallest absolute Gasteiger partial charge is 0.255 e. The summed E-state index contributed by atoms with van der Waals surface area (Å²) >= 11 is 3.48. The zero-order valence-corrected chi connectivity index (χ0v) is 13.5. The van der Waals surface area contributed by atoms with Crippen LogP contribution in [0.4, 0.5) is 11.4 Å². The molecule has 0 aromatic heterocycles. The molecule has 1 aliphatic rings. The summed E-state index contributed by atoms with van der Waals surface area (Å²) < 4.78 is 0.899. The number of hydrogen-bond donors (Lipinski definition) is 2. The summed E-state index contributed by atoms with van der Waals surface area (Å²) in [6.45, 7) is 3.03. The van der Waals surface area contributed by atoms with Crippen LogP contribution in [0.1, 0.15) is 27.9 Å². The van der Waals surface area contributed by atoms with Crippen LogP contribution in [0.3, 0.4) is 0 Å². The zero-order valence-electron chi connectivity index (χ0n) is 11.9. The third-order valence-electron chi connectivity index (χ3n) is 3.68. The molecule has 0 atom stereocenters. The molecule has 3 nitrogen and oxygen atoms in total. The number of rotatable bonds is 2. The highest BCUT2D eigenvalue weighted by Gasteiger charge is 2.13. The maximum Gasteiger partial charge on any atom is 0.255 e. The number of amides is 1. The van der Waals surface area contributed by atoms with Gasteiger partial charge < -0.3 is 10.6 Å². The molecule has 0 aliphatic carbocycles. The Hall–Kier alpha value is -1.81. The normalized spacial score (nSPS) is 13.2. The lowest BCUT2D eigenvalue weighted by atomic mass is 10.0. The van der Waals surface area contributed by atoms with Crippen molar-refractivity contribution in [1.29, 1.82) is 0 Å². The van der Waals surface area contributed by atoms with E-state index in [1.807, 2.05) is 43.3 Å². The average Bonchev–Trinajstić information content (AvgIpc) is 2.49. The minimum atomic E-state index is -0.0760. The lowest BCUT2D eigenvalue weighted by Gasteiger charge is -2.18. The average molecular weight is 345 g/mol. The van der Waals surface area contributed by atoms with Crippen LogP contribution in [0.2, 0.25) is 0 Å². The minimum Gasteiger partial charge on any atom is -0.385 e. The molecule has 0 radical (unpaired) electrons. The zero-order chi connectivity index (χ0) is 14.8. The molecule has 1 heterocycles. The number of nitrogens with one attached hydrogen (secondary N) is 2. The molecule has 1 aliphatic heterocycles. The summed E-state index contributed by atoms with van der Waals surface area (Å²) in [5.41, 5.74) is 5.01. The summed E-state index contributed by atoms with van der Waals surface area (Å²) in [6.07, 6.45) is 2.14. The maximum absolute atomic E-state index is 12.4. The molecule has 4 heteroatoms. The summed E-state index contributed by atoms with van der Waals surface area (Å²) in [5, 5.41) is 6.31. The number of hydrogen-bond acceptors (Lipinski definition) is 2. The van der Waals surface area contributed by atoms with Crippen LogP contribution < -0.4 is 10.6 Å². The molecule has 0 saturated carbocycles. The van der Waals surface area contributed by atoms with Gasteiger partial charge in [-0.2, -0.15) is 0 Å². The Balaban J connectivity index is 1.82. The number of benzene rings is 2. The first-order valence-electron chi connectivity index (χ1n) is 7.08. The Morgan fingerprint density at radius 3 is 2.90 bits per heavy atom. The summed E-state index contributed by atoms with van der Waals surface area (Å²) in [5.74, 6) is -0.0760. The number of anilines is 2. The van der Waals surface area contributed by atoms with Crippen molar-refractivity contribution in [2.24, 2.45) is 0 Å². The van der Waals surface area contributed by atoms with Gasteiger partial charge in [0, 0.05) is 22.3 Å². The number of fused-ring (bicyclic) bond motifs is 1. The molecule has 2 aromatic rings. The quantitative estimate of drug-likeness (QED) is 0.849. The molecule has 0 saturated heterocycles. The summed E-state index contributed by atoms with van der Waals surface area (Å²) in [6, 6.07) is 11.7. The van der Waals surface area contributed by atoms with Gasteiger partial charge in [0.05, 0.1) is 5.69 Å². The summed E-state index contributed by atoms with van der Waals surface area (Å²) in [4.78, 5) is 12.4. The molecule has 0 fully saturated rings. The van der Waals surface area contributed by atoms with Crippen LogP contribution >= 0.6 is 15.9 Å². The highest BCUT2D eigenvalue weighted by Crippen LogP contribution is 2.26. The first kappa shape index (κ1) is 14.1. The van der Waals surface area contributed by atoms with Gasteiger partial charge in [-0.1, -0.05) is 6.07 Å². The van der Waals surface area contributed by atoms with Gasteiger partial charge in [0.1, 0.15) is 0 Å². The van der Waals surface area contributed by atoms with Gasteiger partial charge in [0.15, 0.2) is 0 Å². The van der Waals surface area contributed by atoms with E-state index in [2.05, 4.69) is 26.6 Å². The van der Waals surface area contributed by atoms with Crippen molar-refractivity contribution >= 4 is 33.2 Å². The molecule has 2 aromatic carbocycles. The van der Waals surface area contributed by atoms with E-state index in [-0.39, 0.29) is 5.91 Å². The molecule has 0 unspecified atom stereocenters. The standard InChI is InChI=1S/C17H17BrN2O/c1-11-4-6-16(14(18)9-11)20-17(21)13-5-7-15-12(10-13)3-2-8-19-15/h4-7,9-10,19H,2-3,8H2,1H3,(H,20,21). The van der Waals surface area contributed by atoms with Crippen molar-refractivity contribution in [3.63, 3.8) is 0 Å². The maximum atomic E-state index is 12.4. The fourth-order valence-electron chi connectivity index (χ4n) is 2.53.